The molecule has 1 amide bonds. The first-order chi connectivity index (χ1) is 18.2. The summed E-state index contributed by atoms with van der Waals surface area (Å²) in [5, 5.41) is 1.06. The number of aromatic nitrogens is 3. The van der Waals surface area contributed by atoms with Crippen LogP contribution in [0.2, 0.25) is 0 Å². The molecule has 5 heteroatoms. The molecule has 5 nitrogen and oxygen atoms in total. The molecule has 0 spiro atoms. The fraction of sp³-hybridized carbons (Fsp3) is 0.0625. The molecule has 0 unspecified atom stereocenters. The number of benzene rings is 4. The van der Waals surface area contributed by atoms with E-state index in [-0.39, 0.29) is 5.91 Å². The molecule has 0 saturated heterocycles. The molecule has 0 radical (unpaired) electrons. The van der Waals surface area contributed by atoms with Crippen molar-refractivity contribution < 1.29 is 4.79 Å². The molecular weight excluding hydrogens is 456 g/mol. The highest BCUT2D eigenvalue weighted by molar-refractivity contribution is 5.97. The molecule has 0 saturated carbocycles. The Labute approximate surface area is 215 Å². The summed E-state index contributed by atoms with van der Waals surface area (Å²) in [4.78, 5) is 29.0. The van der Waals surface area contributed by atoms with Crippen molar-refractivity contribution in [3.63, 3.8) is 0 Å². The van der Waals surface area contributed by atoms with Crippen LogP contribution in [0.5, 0.6) is 0 Å². The fourth-order valence-electron chi connectivity index (χ4n) is 4.56. The number of rotatable bonds is 6. The van der Waals surface area contributed by atoms with Crippen LogP contribution < -0.4 is 0 Å². The van der Waals surface area contributed by atoms with E-state index in [0.717, 1.165) is 33.1 Å². The zero-order valence-corrected chi connectivity index (χ0v) is 20.2. The van der Waals surface area contributed by atoms with Crippen LogP contribution in [0.3, 0.4) is 0 Å². The van der Waals surface area contributed by atoms with Gasteiger partial charge in [-0.3, -0.25) is 19.7 Å². The Kier molecular flexibility index (Phi) is 6.09. The van der Waals surface area contributed by atoms with Crippen LogP contribution in [-0.2, 0) is 13.1 Å². The smallest absolute Gasteiger partial charge is 0.254 e. The van der Waals surface area contributed by atoms with E-state index in [1.165, 1.54) is 5.56 Å². The van der Waals surface area contributed by atoms with E-state index >= 15 is 0 Å². The van der Waals surface area contributed by atoms with E-state index in [2.05, 4.69) is 57.4 Å². The maximum Gasteiger partial charge on any atom is 0.254 e. The second-order valence-electron chi connectivity index (χ2n) is 9.02. The molecule has 0 atom stereocenters. The summed E-state index contributed by atoms with van der Waals surface area (Å²) in [5.41, 5.74) is 7.34. The van der Waals surface area contributed by atoms with Crippen LogP contribution in [0.25, 0.3) is 33.1 Å². The molecule has 0 aliphatic carbocycles. The third-order valence-electron chi connectivity index (χ3n) is 6.46. The number of nitrogens with zero attached hydrogens (tertiary/aromatic N) is 4. The predicted molar refractivity (Wildman–Crippen MR) is 147 cm³/mol. The standard InChI is InChI=1S/C32H24N4O/c37-32(28-14-15-30-31(19-28)34-17-16-33-30)36(22-24-18-27-8-4-5-9-29(27)35-20-24)21-23-10-12-26(13-11-23)25-6-2-1-3-7-25/h1-20H,21-22H2. The molecule has 37 heavy (non-hydrogen) atoms. The lowest BCUT2D eigenvalue weighted by Crippen LogP contribution is -2.30. The molecule has 2 heterocycles. The van der Waals surface area contributed by atoms with Gasteiger partial charge in [-0.15, -0.1) is 0 Å². The highest BCUT2D eigenvalue weighted by Crippen LogP contribution is 2.22. The van der Waals surface area contributed by atoms with Crippen LogP contribution in [0.4, 0.5) is 0 Å². The third-order valence-corrected chi connectivity index (χ3v) is 6.46. The van der Waals surface area contributed by atoms with Crippen molar-refractivity contribution in [3.8, 4) is 11.1 Å². The van der Waals surface area contributed by atoms with Crippen molar-refractivity contribution in [2.75, 3.05) is 0 Å². The average molecular weight is 481 g/mol. The number of pyridine rings is 1. The number of hydrogen-bond acceptors (Lipinski definition) is 4. The first-order valence-electron chi connectivity index (χ1n) is 12.2. The lowest BCUT2D eigenvalue weighted by molar-refractivity contribution is 0.0730. The number of para-hydroxylation sites is 1. The molecule has 0 N–H and O–H groups in total. The lowest BCUT2D eigenvalue weighted by atomic mass is 10.0. The highest BCUT2D eigenvalue weighted by atomic mass is 16.2. The van der Waals surface area contributed by atoms with Crippen molar-refractivity contribution in [3.05, 3.63) is 138 Å². The fourth-order valence-corrected chi connectivity index (χ4v) is 4.56. The molecule has 0 aliphatic rings. The van der Waals surface area contributed by atoms with Crippen molar-refractivity contribution in [1.82, 2.24) is 19.9 Å². The van der Waals surface area contributed by atoms with E-state index in [1.807, 2.05) is 71.8 Å². The number of carbonyl (C=O) groups excluding carboxylic acids is 1. The van der Waals surface area contributed by atoms with Crippen molar-refractivity contribution in [1.29, 1.82) is 0 Å². The zero-order valence-electron chi connectivity index (χ0n) is 20.2. The van der Waals surface area contributed by atoms with E-state index in [9.17, 15) is 4.79 Å². The van der Waals surface area contributed by atoms with Gasteiger partial charge in [-0.1, -0.05) is 72.8 Å². The Balaban J connectivity index is 1.32. The summed E-state index contributed by atoms with van der Waals surface area (Å²) < 4.78 is 0. The summed E-state index contributed by atoms with van der Waals surface area (Å²) in [6.07, 6.45) is 5.15. The minimum Gasteiger partial charge on any atom is -0.330 e. The monoisotopic (exact) mass is 480 g/mol. The summed E-state index contributed by atoms with van der Waals surface area (Å²) in [6, 6.07) is 34.3. The number of hydrogen-bond donors (Lipinski definition) is 0. The minimum atomic E-state index is -0.0622. The number of amides is 1. The number of fused-ring (bicyclic) bond motifs is 2. The normalized spacial score (nSPS) is 11.0. The second-order valence-corrected chi connectivity index (χ2v) is 9.02. The minimum absolute atomic E-state index is 0.0622. The van der Waals surface area contributed by atoms with E-state index < -0.39 is 0 Å². The average Bonchev–Trinajstić information content (AvgIpc) is 2.97. The summed E-state index contributed by atoms with van der Waals surface area (Å²) >= 11 is 0. The van der Waals surface area contributed by atoms with Gasteiger partial charge < -0.3 is 4.90 Å². The number of carbonyl (C=O) groups is 1. The first-order valence-corrected chi connectivity index (χ1v) is 12.2. The van der Waals surface area contributed by atoms with E-state index in [1.54, 1.807) is 12.4 Å². The van der Waals surface area contributed by atoms with E-state index in [0.29, 0.717) is 24.2 Å². The second kappa shape index (κ2) is 9.99. The van der Waals surface area contributed by atoms with Gasteiger partial charge in [0.25, 0.3) is 5.91 Å². The first kappa shape index (κ1) is 22.6. The third kappa shape index (κ3) is 4.93. The van der Waals surface area contributed by atoms with Crippen LogP contribution in [0, 0.1) is 0 Å². The van der Waals surface area contributed by atoms with Gasteiger partial charge in [-0.2, -0.15) is 0 Å². The maximum atomic E-state index is 13.8. The van der Waals surface area contributed by atoms with Gasteiger partial charge in [0.05, 0.1) is 16.6 Å². The van der Waals surface area contributed by atoms with E-state index in [4.69, 9.17) is 0 Å². The Morgan fingerprint density at radius 1 is 0.595 bits per heavy atom. The summed E-state index contributed by atoms with van der Waals surface area (Å²) in [7, 11) is 0. The summed E-state index contributed by atoms with van der Waals surface area (Å²) in [6.45, 7) is 0.912. The molecule has 2 aromatic heterocycles. The van der Waals surface area contributed by atoms with Gasteiger partial charge in [-0.05, 0) is 52.6 Å². The van der Waals surface area contributed by atoms with Gasteiger partial charge >= 0.3 is 0 Å². The predicted octanol–water partition coefficient (Wildman–Crippen LogP) is 6.69. The van der Waals surface area contributed by atoms with Gasteiger partial charge in [-0.25, -0.2) is 0 Å². The van der Waals surface area contributed by atoms with Gasteiger partial charge in [0.1, 0.15) is 0 Å². The molecule has 6 aromatic rings. The molecule has 0 fully saturated rings. The highest BCUT2D eigenvalue weighted by Gasteiger charge is 2.18. The SMILES string of the molecule is O=C(c1ccc2nccnc2c1)N(Cc1ccc(-c2ccccc2)cc1)Cc1cnc2ccccc2c1. The molecule has 6 rings (SSSR count). The zero-order chi connectivity index (χ0) is 25.0. The lowest BCUT2D eigenvalue weighted by Gasteiger charge is -2.23. The Hall–Kier alpha value is -4.90. The van der Waals surface area contributed by atoms with Gasteiger partial charge in [0, 0.05) is 42.6 Å². The Bertz CT molecular complexity index is 1700. The summed E-state index contributed by atoms with van der Waals surface area (Å²) in [5.74, 6) is -0.0622. The van der Waals surface area contributed by atoms with Crippen molar-refractivity contribution >= 4 is 27.8 Å². The van der Waals surface area contributed by atoms with Crippen molar-refractivity contribution in [2.24, 2.45) is 0 Å². The van der Waals surface area contributed by atoms with Crippen LogP contribution in [-0.4, -0.2) is 25.8 Å². The van der Waals surface area contributed by atoms with Gasteiger partial charge in [0.2, 0.25) is 0 Å². The topological polar surface area (TPSA) is 59.0 Å². The van der Waals surface area contributed by atoms with Crippen LogP contribution >= 0.6 is 0 Å². The molecular formula is C32H24N4O. The maximum absolute atomic E-state index is 13.8. The van der Waals surface area contributed by atoms with Gasteiger partial charge in [0.15, 0.2) is 0 Å². The quantitative estimate of drug-likeness (QED) is 0.267. The Morgan fingerprint density at radius 3 is 2.14 bits per heavy atom. The largest absolute Gasteiger partial charge is 0.330 e. The van der Waals surface area contributed by atoms with Crippen LogP contribution in [0.1, 0.15) is 21.5 Å². The molecule has 178 valence electrons. The molecule has 4 aromatic carbocycles. The molecule has 0 aliphatic heterocycles. The molecule has 0 bridgehead atoms. The Morgan fingerprint density at radius 2 is 1.30 bits per heavy atom. The van der Waals surface area contributed by atoms with Crippen LogP contribution in [0.15, 0.2) is 122 Å². The van der Waals surface area contributed by atoms with Crippen molar-refractivity contribution in [2.45, 2.75) is 13.1 Å².